The van der Waals surface area contributed by atoms with Crippen molar-refractivity contribution in [2.24, 2.45) is 0 Å². The molecule has 2 aliphatic heterocycles. The van der Waals surface area contributed by atoms with E-state index in [1.807, 2.05) is 12.1 Å². The second-order valence-corrected chi connectivity index (χ2v) is 10.3. The second-order valence-electron chi connectivity index (χ2n) is 10.3. The molecule has 3 heterocycles. The number of nitrogens with zero attached hydrogens (tertiary/aromatic N) is 2. The number of aromatic amines is 1. The van der Waals surface area contributed by atoms with Crippen LogP contribution in [0, 0.1) is 5.82 Å². The number of likely N-dealkylation sites (tertiary alicyclic amines) is 2. The molecule has 0 bridgehead atoms. The number of carbonyl (C=O) groups is 2. The lowest BCUT2D eigenvalue weighted by Crippen LogP contribution is -2.38. The van der Waals surface area contributed by atoms with Gasteiger partial charge < -0.3 is 14.6 Å². The van der Waals surface area contributed by atoms with E-state index in [0.717, 1.165) is 42.4 Å². The van der Waals surface area contributed by atoms with E-state index in [-0.39, 0.29) is 29.3 Å². The highest BCUT2D eigenvalue weighted by Crippen LogP contribution is 2.23. The van der Waals surface area contributed by atoms with Crippen LogP contribution in [0.2, 0.25) is 0 Å². The van der Waals surface area contributed by atoms with Crippen molar-refractivity contribution in [3.63, 3.8) is 0 Å². The minimum Gasteiger partial charge on any atom is -0.407 e. The van der Waals surface area contributed by atoms with Crippen LogP contribution < -0.4 is 11.1 Å². The third kappa shape index (κ3) is 5.49. The maximum atomic E-state index is 13.4. The fourth-order valence-electron chi connectivity index (χ4n) is 5.60. The fraction of sp³-hybridized carbons (Fsp3) is 0.300. The summed E-state index contributed by atoms with van der Waals surface area (Å²) in [5.74, 6) is -1.10. The predicted octanol–water partition coefficient (Wildman–Crippen LogP) is 3.97. The predicted molar refractivity (Wildman–Crippen MR) is 146 cm³/mol. The van der Waals surface area contributed by atoms with Crippen molar-refractivity contribution in [3.05, 3.63) is 93.7 Å². The molecular formula is C30H29FN4O4. The lowest BCUT2D eigenvalue weighted by atomic mass is 10.0. The van der Waals surface area contributed by atoms with Crippen molar-refractivity contribution in [1.82, 2.24) is 20.1 Å². The van der Waals surface area contributed by atoms with Gasteiger partial charge in [0, 0.05) is 44.8 Å². The van der Waals surface area contributed by atoms with Crippen molar-refractivity contribution in [2.75, 3.05) is 26.2 Å². The van der Waals surface area contributed by atoms with Gasteiger partial charge in [-0.3, -0.25) is 19.5 Å². The molecule has 0 radical (unpaired) electrons. The maximum absolute atomic E-state index is 13.4. The third-order valence-corrected chi connectivity index (χ3v) is 7.60. The van der Waals surface area contributed by atoms with Crippen molar-refractivity contribution < 1.29 is 18.4 Å². The van der Waals surface area contributed by atoms with Crippen LogP contribution in [-0.4, -0.2) is 58.8 Å². The molecule has 39 heavy (non-hydrogen) atoms. The molecule has 2 aliphatic rings. The van der Waals surface area contributed by atoms with Crippen molar-refractivity contribution in [1.29, 1.82) is 0 Å². The molecule has 3 aromatic carbocycles. The highest BCUT2D eigenvalue weighted by molar-refractivity contribution is 6.04. The van der Waals surface area contributed by atoms with E-state index in [4.69, 9.17) is 4.42 Å². The topological polar surface area (TPSA) is 98.7 Å². The number of H-pyrrole nitrogens is 1. The van der Waals surface area contributed by atoms with Crippen LogP contribution in [0.15, 0.2) is 75.5 Å². The number of benzene rings is 3. The number of nitrogens with one attached hydrogen (secondary N) is 2. The zero-order valence-corrected chi connectivity index (χ0v) is 21.4. The number of hydrogen-bond donors (Lipinski definition) is 2. The molecule has 2 N–H and O–H groups in total. The Morgan fingerprint density at radius 3 is 2.69 bits per heavy atom. The molecule has 0 aliphatic carbocycles. The molecule has 2 fully saturated rings. The van der Waals surface area contributed by atoms with E-state index < -0.39 is 5.76 Å². The van der Waals surface area contributed by atoms with Gasteiger partial charge in [0.25, 0.3) is 5.91 Å². The van der Waals surface area contributed by atoms with Crippen LogP contribution in [0.4, 0.5) is 4.39 Å². The molecule has 1 aromatic heterocycles. The molecule has 1 atom stereocenters. The van der Waals surface area contributed by atoms with Gasteiger partial charge in [-0.15, -0.1) is 0 Å². The molecule has 200 valence electrons. The molecule has 9 heteroatoms. The standard InChI is InChI=1S/C30H29FN4O4/c31-23-7-6-21-14-20(4-5-22(21)16-23)17-34-11-10-24(18-34)32-27(36)15-19-8-12-35(13-9-19)29(37)25-2-1-3-26-28(25)39-30(38)33-26/h1-7,14-16,24H,8-13,17-18H2,(H,32,36)(H,33,38)/t24-/m1/s1. The number of para-hydroxylation sites is 1. The highest BCUT2D eigenvalue weighted by atomic mass is 19.1. The summed E-state index contributed by atoms with van der Waals surface area (Å²) >= 11 is 0. The van der Waals surface area contributed by atoms with E-state index >= 15 is 0 Å². The summed E-state index contributed by atoms with van der Waals surface area (Å²) < 4.78 is 18.6. The Hall–Kier alpha value is -4.24. The third-order valence-electron chi connectivity index (χ3n) is 7.60. The Bertz CT molecular complexity index is 1650. The average Bonchev–Trinajstić information content (AvgIpc) is 3.53. The first-order valence-corrected chi connectivity index (χ1v) is 13.2. The summed E-state index contributed by atoms with van der Waals surface area (Å²) in [4.78, 5) is 44.0. The number of oxazole rings is 1. The van der Waals surface area contributed by atoms with Crippen LogP contribution in [0.3, 0.4) is 0 Å². The van der Waals surface area contributed by atoms with Gasteiger partial charge in [-0.1, -0.05) is 29.8 Å². The number of piperidine rings is 1. The number of aromatic nitrogens is 1. The second kappa shape index (κ2) is 10.5. The molecule has 2 amide bonds. The summed E-state index contributed by atoms with van der Waals surface area (Å²) in [5, 5.41) is 5.04. The molecule has 0 spiro atoms. The number of halogens is 1. The van der Waals surface area contributed by atoms with Crippen LogP contribution in [0.5, 0.6) is 0 Å². The first-order valence-electron chi connectivity index (χ1n) is 13.2. The molecule has 8 nitrogen and oxygen atoms in total. The Morgan fingerprint density at radius 2 is 1.85 bits per heavy atom. The monoisotopic (exact) mass is 528 g/mol. The minimum absolute atomic E-state index is 0.0852. The largest absolute Gasteiger partial charge is 0.417 e. The van der Waals surface area contributed by atoms with Crippen molar-refractivity contribution in [3.8, 4) is 0 Å². The summed E-state index contributed by atoms with van der Waals surface area (Å²) in [6.45, 7) is 3.45. The lowest BCUT2D eigenvalue weighted by Gasteiger charge is -2.28. The number of rotatable bonds is 5. The minimum atomic E-state index is -0.586. The van der Waals surface area contributed by atoms with Gasteiger partial charge in [0.05, 0.1) is 11.1 Å². The van der Waals surface area contributed by atoms with E-state index in [9.17, 15) is 18.8 Å². The highest BCUT2D eigenvalue weighted by Gasteiger charge is 2.26. The normalized spacial score (nSPS) is 18.1. The molecular weight excluding hydrogens is 499 g/mol. The van der Waals surface area contributed by atoms with Gasteiger partial charge in [0.1, 0.15) is 5.82 Å². The number of fused-ring (bicyclic) bond motifs is 2. The van der Waals surface area contributed by atoms with Gasteiger partial charge in [-0.05, 0) is 65.9 Å². The lowest BCUT2D eigenvalue weighted by molar-refractivity contribution is -0.117. The van der Waals surface area contributed by atoms with E-state index in [1.54, 1.807) is 41.3 Å². The smallest absolute Gasteiger partial charge is 0.407 e. The molecule has 2 saturated heterocycles. The molecule has 0 unspecified atom stereocenters. The zero-order chi connectivity index (χ0) is 26.9. The van der Waals surface area contributed by atoms with Gasteiger partial charge in [-0.25, -0.2) is 9.18 Å². The SMILES string of the molecule is O=C(C=C1CCN(C(=O)c2cccc3[nH]c(=O)oc23)CC1)N[C@@H]1CCN(Cc2ccc3cc(F)ccc3c2)C1. The number of hydrogen-bond acceptors (Lipinski definition) is 5. The van der Waals surface area contributed by atoms with Crippen LogP contribution >= 0.6 is 0 Å². The summed E-state index contributed by atoms with van der Waals surface area (Å²) in [6, 6.07) is 16.1. The van der Waals surface area contributed by atoms with Crippen LogP contribution in [0.25, 0.3) is 21.9 Å². The first kappa shape index (κ1) is 25.1. The fourth-order valence-corrected chi connectivity index (χ4v) is 5.60. The Balaban J connectivity index is 0.999. The Kier molecular flexibility index (Phi) is 6.74. The van der Waals surface area contributed by atoms with Gasteiger partial charge in [0.15, 0.2) is 5.58 Å². The summed E-state index contributed by atoms with van der Waals surface area (Å²) in [6.07, 6.45) is 3.80. The van der Waals surface area contributed by atoms with Crippen LogP contribution in [-0.2, 0) is 11.3 Å². The average molecular weight is 529 g/mol. The van der Waals surface area contributed by atoms with Gasteiger partial charge in [0.2, 0.25) is 5.91 Å². The van der Waals surface area contributed by atoms with Crippen molar-refractivity contribution >= 4 is 33.7 Å². The molecule has 6 rings (SSSR count). The van der Waals surface area contributed by atoms with Crippen LogP contribution in [0.1, 0.15) is 35.2 Å². The number of carbonyl (C=O) groups excluding carboxylic acids is 2. The van der Waals surface area contributed by atoms with E-state index in [2.05, 4.69) is 21.3 Å². The van der Waals surface area contributed by atoms with Gasteiger partial charge >= 0.3 is 5.76 Å². The molecule has 0 saturated carbocycles. The van der Waals surface area contributed by atoms with Gasteiger partial charge in [-0.2, -0.15) is 0 Å². The Morgan fingerprint density at radius 1 is 1.05 bits per heavy atom. The van der Waals surface area contributed by atoms with E-state index in [1.165, 1.54) is 11.6 Å². The molecule has 4 aromatic rings. The first-order chi connectivity index (χ1) is 18.9. The maximum Gasteiger partial charge on any atom is 0.417 e. The van der Waals surface area contributed by atoms with E-state index in [0.29, 0.717) is 37.0 Å². The zero-order valence-electron chi connectivity index (χ0n) is 21.4. The number of amides is 2. The van der Waals surface area contributed by atoms with Crippen molar-refractivity contribution in [2.45, 2.75) is 31.8 Å². The Labute approximate surface area is 224 Å². The summed E-state index contributed by atoms with van der Waals surface area (Å²) in [5.41, 5.74) is 3.32. The summed E-state index contributed by atoms with van der Waals surface area (Å²) in [7, 11) is 0. The quantitative estimate of drug-likeness (QED) is 0.382.